The molecular formula is C11H15N. The zero-order valence-corrected chi connectivity index (χ0v) is 7.89. The Morgan fingerprint density at radius 2 is 2.08 bits per heavy atom. The van der Waals surface area contributed by atoms with Crippen LogP contribution in [0.4, 0.5) is 5.69 Å². The van der Waals surface area contributed by atoms with Gasteiger partial charge in [0.1, 0.15) is 0 Å². The zero-order valence-electron chi connectivity index (χ0n) is 7.89. The SMILES string of the molecule is C/C=C(/C)c1cc(N)ccc1C. The highest BCUT2D eigenvalue weighted by Crippen LogP contribution is 2.20. The van der Waals surface area contributed by atoms with Crippen molar-refractivity contribution in [3.05, 3.63) is 35.4 Å². The van der Waals surface area contributed by atoms with Gasteiger partial charge in [-0.25, -0.2) is 0 Å². The van der Waals surface area contributed by atoms with Crippen molar-refractivity contribution in [2.45, 2.75) is 20.8 Å². The number of hydrogen-bond acceptors (Lipinski definition) is 1. The quantitative estimate of drug-likeness (QED) is 0.629. The first-order valence-corrected chi connectivity index (χ1v) is 4.14. The standard InChI is InChI=1S/C11H15N/c1-4-8(2)11-7-10(12)6-5-9(11)3/h4-7H,12H2,1-3H3/b8-4-. The van der Waals surface area contributed by atoms with Crippen LogP contribution in [-0.4, -0.2) is 0 Å². The van der Waals surface area contributed by atoms with Gasteiger partial charge in [-0.05, 0) is 49.6 Å². The molecule has 0 radical (unpaired) electrons. The van der Waals surface area contributed by atoms with Crippen LogP contribution in [0.3, 0.4) is 0 Å². The van der Waals surface area contributed by atoms with Gasteiger partial charge in [-0.3, -0.25) is 0 Å². The lowest BCUT2D eigenvalue weighted by Gasteiger charge is -2.06. The number of aryl methyl sites for hydroxylation is 1. The molecule has 0 saturated carbocycles. The molecule has 0 aliphatic carbocycles. The number of rotatable bonds is 1. The minimum absolute atomic E-state index is 0.830. The van der Waals surface area contributed by atoms with Crippen LogP contribution in [0.25, 0.3) is 5.57 Å². The molecule has 0 aliphatic rings. The van der Waals surface area contributed by atoms with E-state index in [-0.39, 0.29) is 0 Å². The van der Waals surface area contributed by atoms with Crippen LogP contribution in [0.2, 0.25) is 0 Å². The maximum Gasteiger partial charge on any atom is 0.0320 e. The molecule has 1 rings (SSSR count). The number of nitrogens with two attached hydrogens (primary N) is 1. The third-order valence-electron chi connectivity index (χ3n) is 2.12. The van der Waals surface area contributed by atoms with Crippen molar-refractivity contribution in [3.63, 3.8) is 0 Å². The van der Waals surface area contributed by atoms with E-state index in [0.717, 1.165) is 5.69 Å². The molecule has 0 aliphatic heterocycles. The molecular weight excluding hydrogens is 146 g/mol. The van der Waals surface area contributed by atoms with Crippen LogP contribution in [0.5, 0.6) is 0 Å². The maximum absolute atomic E-state index is 5.69. The van der Waals surface area contributed by atoms with Crippen LogP contribution in [0.15, 0.2) is 24.3 Å². The molecule has 0 bridgehead atoms. The fourth-order valence-electron chi connectivity index (χ4n) is 1.22. The molecule has 1 nitrogen and oxygen atoms in total. The van der Waals surface area contributed by atoms with Gasteiger partial charge in [-0.2, -0.15) is 0 Å². The fourth-order valence-corrected chi connectivity index (χ4v) is 1.22. The highest BCUT2D eigenvalue weighted by molar-refractivity contribution is 5.69. The normalized spacial score (nSPS) is 11.8. The van der Waals surface area contributed by atoms with E-state index in [2.05, 4.69) is 26.0 Å². The maximum atomic E-state index is 5.69. The molecule has 0 fully saturated rings. The summed E-state index contributed by atoms with van der Waals surface area (Å²) in [6.45, 7) is 6.24. The predicted molar refractivity (Wildman–Crippen MR) is 54.9 cm³/mol. The van der Waals surface area contributed by atoms with Crippen LogP contribution in [-0.2, 0) is 0 Å². The molecule has 0 aromatic heterocycles. The predicted octanol–water partition coefficient (Wildman–Crippen LogP) is 3.00. The smallest absolute Gasteiger partial charge is 0.0320 e. The van der Waals surface area contributed by atoms with E-state index >= 15 is 0 Å². The van der Waals surface area contributed by atoms with Crippen LogP contribution in [0.1, 0.15) is 25.0 Å². The number of allylic oxidation sites excluding steroid dienone is 2. The van der Waals surface area contributed by atoms with Gasteiger partial charge >= 0.3 is 0 Å². The second kappa shape index (κ2) is 3.44. The monoisotopic (exact) mass is 161 g/mol. The minimum atomic E-state index is 0.830. The van der Waals surface area contributed by atoms with Gasteiger partial charge in [-0.1, -0.05) is 12.1 Å². The van der Waals surface area contributed by atoms with E-state index in [1.165, 1.54) is 16.7 Å². The lowest BCUT2D eigenvalue weighted by Crippen LogP contribution is -1.90. The van der Waals surface area contributed by atoms with Gasteiger partial charge in [0, 0.05) is 5.69 Å². The Kier molecular flexibility index (Phi) is 2.54. The largest absolute Gasteiger partial charge is 0.399 e. The summed E-state index contributed by atoms with van der Waals surface area (Å²) < 4.78 is 0. The van der Waals surface area contributed by atoms with Crippen molar-refractivity contribution in [3.8, 4) is 0 Å². The van der Waals surface area contributed by atoms with Crippen LogP contribution >= 0.6 is 0 Å². The lowest BCUT2D eigenvalue weighted by atomic mass is 10.0. The Hall–Kier alpha value is -1.24. The first-order chi connectivity index (χ1) is 5.65. The summed E-state index contributed by atoms with van der Waals surface area (Å²) in [5.74, 6) is 0. The van der Waals surface area contributed by atoms with E-state index in [1.54, 1.807) is 0 Å². The number of nitrogen functional groups attached to an aromatic ring is 1. The van der Waals surface area contributed by atoms with Gasteiger partial charge in [0.05, 0.1) is 0 Å². The first-order valence-electron chi connectivity index (χ1n) is 4.14. The average molecular weight is 161 g/mol. The third-order valence-corrected chi connectivity index (χ3v) is 2.12. The number of anilines is 1. The van der Waals surface area contributed by atoms with E-state index in [9.17, 15) is 0 Å². The van der Waals surface area contributed by atoms with Crippen molar-refractivity contribution < 1.29 is 0 Å². The Labute approximate surface area is 73.9 Å². The summed E-state index contributed by atoms with van der Waals surface area (Å²) in [4.78, 5) is 0. The van der Waals surface area contributed by atoms with Crippen molar-refractivity contribution in [2.75, 3.05) is 5.73 Å². The second-order valence-electron chi connectivity index (χ2n) is 3.05. The van der Waals surface area contributed by atoms with E-state index in [0.29, 0.717) is 0 Å². The number of benzene rings is 1. The number of hydrogen-bond donors (Lipinski definition) is 1. The highest BCUT2D eigenvalue weighted by atomic mass is 14.5. The topological polar surface area (TPSA) is 26.0 Å². The third kappa shape index (κ3) is 1.67. The van der Waals surface area contributed by atoms with Crippen LogP contribution in [0, 0.1) is 6.92 Å². The Bertz CT molecular complexity index is 311. The molecule has 0 saturated heterocycles. The molecule has 64 valence electrons. The summed E-state index contributed by atoms with van der Waals surface area (Å²) in [6, 6.07) is 6.00. The van der Waals surface area contributed by atoms with Gasteiger partial charge in [0.2, 0.25) is 0 Å². The van der Waals surface area contributed by atoms with Crippen molar-refractivity contribution in [1.29, 1.82) is 0 Å². The Balaban J connectivity index is 3.23. The van der Waals surface area contributed by atoms with Gasteiger partial charge < -0.3 is 5.73 Å². The van der Waals surface area contributed by atoms with Crippen molar-refractivity contribution >= 4 is 11.3 Å². The second-order valence-corrected chi connectivity index (χ2v) is 3.05. The molecule has 12 heavy (non-hydrogen) atoms. The summed E-state index contributed by atoms with van der Waals surface area (Å²) in [7, 11) is 0. The molecule has 0 spiro atoms. The summed E-state index contributed by atoms with van der Waals surface area (Å²) in [5, 5.41) is 0. The Morgan fingerprint density at radius 1 is 1.42 bits per heavy atom. The minimum Gasteiger partial charge on any atom is -0.399 e. The van der Waals surface area contributed by atoms with Gasteiger partial charge in [0.15, 0.2) is 0 Å². The molecule has 0 unspecified atom stereocenters. The van der Waals surface area contributed by atoms with E-state index in [1.807, 2.05) is 19.1 Å². The Morgan fingerprint density at radius 3 is 2.67 bits per heavy atom. The van der Waals surface area contributed by atoms with E-state index < -0.39 is 0 Å². The molecule has 1 heteroatoms. The first kappa shape index (κ1) is 8.85. The molecule has 0 atom stereocenters. The van der Waals surface area contributed by atoms with Gasteiger partial charge in [-0.15, -0.1) is 0 Å². The van der Waals surface area contributed by atoms with Crippen molar-refractivity contribution in [1.82, 2.24) is 0 Å². The lowest BCUT2D eigenvalue weighted by molar-refractivity contribution is 1.40. The molecule has 0 heterocycles. The van der Waals surface area contributed by atoms with E-state index in [4.69, 9.17) is 5.73 Å². The summed E-state index contributed by atoms with van der Waals surface area (Å²) >= 11 is 0. The fraction of sp³-hybridized carbons (Fsp3) is 0.273. The molecule has 2 N–H and O–H groups in total. The summed E-state index contributed by atoms with van der Waals surface area (Å²) in [6.07, 6.45) is 2.10. The molecule has 0 amide bonds. The zero-order chi connectivity index (χ0) is 9.14. The molecule has 1 aromatic carbocycles. The molecule has 1 aromatic rings. The highest BCUT2D eigenvalue weighted by Gasteiger charge is 1.99. The average Bonchev–Trinajstić information content (AvgIpc) is 2.08. The summed E-state index contributed by atoms with van der Waals surface area (Å²) in [5.41, 5.74) is 10.3. The van der Waals surface area contributed by atoms with Gasteiger partial charge in [0.25, 0.3) is 0 Å². The van der Waals surface area contributed by atoms with Crippen LogP contribution < -0.4 is 5.73 Å². The van der Waals surface area contributed by atoms with Crippen molar-refractivity contribution in [2.24, 2.45) is 0 Å².